The third-order valence-corrected chi connectivity index (χ3v) is 8.22. The second kappa shape index (κ2) is 8.82. The number of nitrogens with one attached hydrogen (secondary N) is 1. The van der Waals surface area contributed by atoms with Crippen molar-refractivity contribution >= 4 is 27.5 Å². The lowest BCUT2D eigenvalue weighted by Crippen LogP contribution is -2.51. The molecular weight excluding hydrogens is 471 g/mol. The van der Waals surface area contributed by atoms with Crippen LogP contribution in [0.15, 0.2) is 48.5 Å². The Morgan fingerprint density at radius 1 is 0.946 bits per heavy atom. The first kappa shape index (κ1) is 22.7. The van der Waals surface area contributed by atoms with Crippen molar-refractivity contribution < 1.29 is 19.3 Å². The molecule has 2 aliphatic heterocycles. The summed E-state index contributed by atoms with van der Waals surface area (Å²) in [4.78, 5) is 11.5. The quantitative estimate of drug-likeness (QED) is 0.375. The third-order valence-electron chi connectivity index (χ3n) is 8.22. The number of aliphatic hydroxyl groups excluding tert-OH is 1. The van der Waals surface area contributed by atoms with Crippen molar-refractivity contribution in [1.82, 2.24) is 15.3 Å². The van der Waals surface area contributed by atoms with E-state index in [2.05, 4.69) is 15.2 Å². The number of piperazine rings is 1. The lowest BCUT2D eigenvalue weighted by Gasteiger charge is -2.34. The summed E-state index contributed by atoms with van der Waals surface area (Å²) in [5.74, 6) is 0.339. The maximum absolute atomic E-state index is 16.3. The highest BCUT2D eigenvalue weighted by Gasteiger charge is 2.34. The van der Waals surface area contributed by atoms with Gasteiger partial charge in [0.1, 0.15) is 17.1 Å². The van der Waals surface area contributed by atoms with Crippen molar-refractivity contribution in [2.45, 2.75) is 43.9 Å². The molecule has 0 spiro atoms. The molecule has 7 nitrogen and oxygen atoms in total. The lowest BCUT2D eigenvalue weighted by molar-refractivity contribution is -0.00302. The summed E-state index contributed by atoms with van der Waals surface area (Å²) in [5, 5.41) is 26.3. The summed E-state index contributed by atoms with van der Waals surface area (Å²) >= 11 is 0. The van der Waals surface area contributed by atoms with Gasteiger partial charge in [-0.15, -0.1) is 0 Å². The molecule has 37 heavy (non-hydrogen) atoms. The second-order valence-electron chi connectivity index (χ2n) is 10.6. The number of aliphatic hydroxyl groups is 1. The van der Waals surface area contributed by atoms with E-state index in [0.29, 0.717) is 41.0 Å². The predicted molar refractivity (Wildman–Crippen MR) is 140 cm³/mol. The zero-order valence-electron chi connectivity index (χ0n) is 20.4. The van der Waals surface area contributed by atoms with Gasteiger partial charge in [-0.2, -0.15) is 9.97 Å². The average molecular weight is 501 g/mol. The first-order valence-electron chi connectivity index (χ1n) is 13.1. The van der Waals surface area contributed by atoms with Crippen molar-refractivity contribution in [1.29, 1.82) is 0 Å². The van der Waals surface area contributed by atoms with E-state index < -0.39 is 5.82 Å². The van der Waals surface area contributed by atoms with Gasteiger partial charge in [-0.05, 0) is 60.2 Å². The van der Waals surface area contributed by atoms with Crippen LogP contribution in [-0.2, 0) is 0 Å². The molecule has 4 aromatic rings. The van der Waals surface area contributed by atoms with Crippen LogP contribution in [0.1, 0.15) is 25.7 Å². The minimum Gasteiger partial charge on any atom is -0.508 e. The second-order valence-corrected chi connectivity index (χ2v) is 10.6. The van der Waals surface area contributed by atoms with Gasteiger partial charge < -0.3 is 25.2 Å². The van der Waals surface area contributed by atoms with Crippen LogP contribution in [0.3, 0.4) is 0 Å². The highest BCUT2D eigenvalue weighted by molar-refractivity contribution is 6.01. The summed E-state index contributed by atoms with van der Waals surface area (Å²) in [6.07, 6.45) is 3.54. The molecule has 2 bridgehead atoms. The van der Waals surface area contributed by atoms with Gasteiger partial charge in [-0.1, -0.05) is 30.3 Å². The topological polar surface area (TPSA) is 90.7 Å². The summed E-state index contributed by atoms with van der Waals surface area (Å²) in [5.41, 5.74) is 1.17. The van der Waals surface area contributed by atoms with E-state index in [9.17, 15) is 10.2 Å². The van der Waals surface area contributed by atoms with E-state index in [1.807, 2.05) is 30.3 Å². The van der Waals surface area contributed by atoms with Gasteiger partial charge in [0, 0.05) is 42.0 Å². The maximum Gasteiger partial charge on any atom is 0.319 e. The summed E-state index contributed by atoms with van der Waals surface area (Å²) in [6.45, 7) is 1.89. The molecule has 1 aliphatic carbocycles. The van der Waals surface area contributed by atoms with Gasteiger partial charge >= 0.3 is 6.01 Å². The van der Waals surface area contributed by atoms with E-state index in [1.165, 1.54) is 0 Å². The molecule has 4 atom stereocenters. The standard InChI is InChI=1S/C29H29FN4O3/c30-26-22(24-12-20(35)11-16-3-1-2-4-21(16)24)8-9-23-27(26)32-29(37-15-17-5-10-25(17)36)33-28(23)34-13-18-6-7-19(14-34)31-18/h1-4,8-9,11-12,17-19,25,31,35-36H,5-7,10,13-15H2. The molecule has 7 rings (SSSR count). The van der Waals surface area contributed by atoms with Crippen LogP contribution in [0.5, 0.6) is 11.8 Å². The molecule has 3 N–H and O–H groups in total. The Morgan fingerprint density at radius 3 is 2.51 bits per heavy atom. The molecule has 3 aromatic carbocycles. The SMILES string of the molecule is Oc1cc(-c2ccc3c(N4CC5CCC(C4)N5)nc(OCC4CCC4O)nc3c2F)c2ccccc2c1. The normalized spacial score (nSPS) is 25.0. The number of benzene rings is 3. The Bertz CT molecular complexity index is 1500. The maximum atomic E-state index is 16.3. The third kappa shape index (κ3) is 3.95. The molecule has 8 heteroatoms. The highest BCUT2D eigenvalue weighted by atomic mass is 19.1. The highest BCUT2D eigenvalue weighted by Crippen LogP contribution is 2.39. The summed E-state index contributed by atoms with van der Waals surface area (Å²) in [7, 11) is 0. The van der Waals surface area contributed by atoms with Crippen LogP contribution >= 0.6 is 0 Å². The zero-order valence-corrected chi connectivity index (χ0v) is 20.4. The number of anilines is 1. The van der Waals surface area contributed by atoms with Crippen LogP contribution in [-0.4, -0.2) is 58.1 Å². The molecule has 4 unspecified atom stereocenters. The minimum atomic E-state index is -0.469. The fourth-order valence-electron chi connectivity index (χ4n) is 6.05. The molecule has 2 saturated heterocycles. The van der Waals surface area contributed by atoms with Gasteiger partial charge in [0.2, 0.25) is 0 Å². The van der Waals surface area contributed by atoms with Gasteiger partial charge in [0.05, 0.1) is 12.7 Å². The summed E-state index contributed by atoms with van der Waals surface area (Å²) in [6, 6.07) is 15.4. The first-order valence-corrected chi connectivity index (χ1v) is 13.1. The van der Waals surface area contributed by atoms with Crippen molar-refractivity contribution in [3.8, 4) is 22.9 Å². The van der Waals surface area contributed by atoms with Crippen LogP contribution in [0.2, 0.25) is 0 Å². The number of fused-ring (bicyclic) bond motifs is 4. The molecule has 1 aromatic heterocycles. The first-order chi connectivity index (χ1) is 18.0. The van der Waals surface area contributed by atoms with E-state index in [1.54, 1.807) is 18.2 Å². The lowest BCUT2D eigenvalue weighted by atomic mass is 9.83. The Hall–Kier alpha value is -3.49. The Kier molecular flexibility index (Phi) is 5.41. The van der Waals surface area contributed by atoms with E-state index >= 15 is 4.39 Å². The van der Waals surface area contributed by atoms with Crippen molar-refractivity contribution in [2.24, 2.45) is 5.92 Å². The molecule has 0 amide bonds. The predicted octanol–water partition coefficient (Wildman–Crippen LogP) is 4.39. The number of nitrogens with zero attached hydrogens (tertiary/aromatic N) is 3. The van der Waals surface area contributed by atoms with Crippen molar-refractivity contribution in [2.75, 3.05) is 24.6 Å². The molecule has 1 saturated carbocycles. The van der Waals surface area contributed by atoms with Gasteiger partial charge in [-0.25, -0.2) is 4.39 Å². The van der Waals surface area contributed by atoms with Crippen molar-refractivity contribution in [3.63, 3.8) is 0 Å². The fraction of sp³-hybridized carbons (Fsp3) is 0.379. The number of aromatic hydroxyl groups is 1. The Balaban J connectivity index is 1.36. The Labute approximate surface area is 213 Å². The monoisotopic (exact) mass is 500 g/mol. The molecule has 3 aliphatic rings. The number of aromatic nitrogens is 2. The molecule has 190 valence electrons. The van der Waals surface area contributed by atoms with Crippen LogP contribution in [0, 0.1) is 11.7 Å². The number of hydrogen-bond acceptors (Lipinski definition) is 7. The van der Waals surface area contributed by atoms with Crippen LogP contribution in [0.4, 0.5) is 10.2 Å². The minimum absolute atomic E-state index is 0.0487. The van der Waals surface area contributed by atoms with Crippen LogP contribution < -0.4 is 15.0 Å². The van der Waals surface area contributed by atoms with Gasteiger partial charge in [-0.3, -0.25) is 0 Å². The van der Waals surface area contributed by atoms with Crippen LogP contribution in [0.25, 0.3) is 32.8 Å². The number of ether oxygens (including phenoxy) is 1. The summed E-state index contributed by atoms with van der Waals surface area (Å²) < 4.78 is 22.3. The number of phenolic OH excluding ortho intramolecular Hbond substituents is 1. The fourth-order valence-corrected chi connectivity index (χ4v) is 6.05. The van der Waals surface area contributed by atoms with E-state index in [4.69, 9.17) is 9.72 Å². The van der Waals surface area contributed by atoms with E-state index in [0.717, 1.165) is 49.5 Å². The molecule has 0 radical (unpaired) electrons. The van der Waals surface area contributed by atoms with Gasteiger partial charge in [0.25, 0.3) is 0 Å². The van der Waals surface area contributed by atoms with Crippen molar-refractivity contribution in [3.05, 3.63) is 54.3 Å². The number of phenols is 1. The molecule has 3 fully saturated rings. The zero-order chi connectivity index (χ0) is 25.1. The van der Waals surface area contributed by atoms with E-state index in [-0.39, 0.29) is 29.3 Å². The molecule has 3 heterocycles. The largest absolute Gasteiger partial charge is 0.508 e. The number of rotatable bonds is 5. The number of hydrogen-bond donors (Lipinski definition) is 3. The average Bonchev–Trinajstić information content (AvgIpc) is 3.24. The Morgan fingerprint density at radius 2 is 1.76 bits per heavy atom. The smallest absolute Gasteiger partial charge is 0.319 e. The van der Waals surface area contributed by atoms with Gasteiger partial charge in [0.15, 0.2) is 5.82 Å². The number of halogens is 1. The molecular formula is C29H29FN4O3.